The van der Waals surface area contributed by atoms with Gasteiger partial charge in [0, 0.05) is 13.1 Å². The highest BCUT2D eigenvalue weighted by molar-refractivity contribution is 7.89. The third-order valence-electron chi connectivity index (χ3n) is 3.47. The van der Waals surface area contributed by atoms with E-state index in [4.69, 9.17) is 11.6 Å². The first kappa shape index (κ1) is 19.5. The lowest BCUT2D eigenvalue weighted by atomic mass is 10.1. The second kappa shape index (κ2) is 8.89. The number of nitrogens with one attached hydrogen (secondary N) is 2. The predicted molar refractivity (Wildman–Crippen MR) is 93.5 cm³/mol. The molecule has 0 bridgehead atoms. The molecule has 1 heterocycles. The minimum atomic E-state index is -3.57. The van der Waals surface area contributed by atoms with E-state index in [2.05, 4.69) is 17.0 Å². The van der Waals surface area contributed by atoms with Crippen molar-refractivity contribution in [3.8, 4) is 0 Å². The van der Waals surface area contributed by atoms with Gasteiger partial charge in [0.15, 0.2) is 0 Å². The summed E-state index contributed by atoms with van der Waals surface area (Å²) < 4.78 is 27.5. The van der Waals surface area contributed by atoms with Crippen molar-refractivity contribution in [1.82, 2.24) is 10.0 Å². The van der Waals surface area contributed by atoms with Crippen molar-refractivity contribution in [3.05, 3.63) is 40.4 Å². The monoisotopic (exact) mass is 364 g/mol. The number of sulfonamides is 1. The maximum absolute atomic E-state index is 12.4. The number of hydrogen-bond acceptors (Lipinski definition) is 3. The molecule has 1 aliphatic rings. The molecule has 2 N–H and O–H groups in total. The van der Waals surface area contributed by atoms with Crippen LogP contribution in [-0.4, -0.2) is 28.1 Å². The molecule has 0 aliphatic carbocycles. The molecule has 7 heteroatoms. The molecule has 0 saturated carbocycles. The lowest BCUT2D eigenvalue weighted by Crippen LogP contribution is -2.30. The Morgan fingerprint density at radius 1 is 1.36 bits per heavy atom. The van der Waals surface area contributed by atoms with E-state index in [1.54, 1.807) is 12.1 Å². The van der Waals surface area contributed by atoms with Crippen LogP contribution in [-0.2, 0) is 16.4 Å². The fourth-order valence-electron chi connectivity index (χ4n) is 2.29. The molecule has 1 aromatic rings. The van der Waals surface area contributed by atoms with Crippen LogP contribution >= 0.6 is 24.0 Å². The van der Waals surface area contributed by atoms with Gasteiger partial charge in [-0.1, -0.05) is 42.7 Å². The molecular weight excluding hydrogens is 343 g/mol. The average Bonchev–Trinajstić information content (AvgIpc) is 2.48. The highest BCUT2D eigenvalue weighted by Gasteiger charge is 2.19. The van der Waals surface area contributed by atoms with Crippen LogP contribution in [0.1, 0.15) is 25.3 Å². The van der Waals surface area contributed by atoms with Gasteiger partial charge in [-0.25, -0.2) is 13.1 Å². The molecule has 124 valence electrons. The highest BCUT2D eigenvalue weighted by Crippen LogP contribution is 2.23. The Hall–Kier alpha value is -0.590. The molecule has 0 spiro atoms. The number of rotatable bonds is 6. The van der Waals surface area contributed by atoms with E-state index in [0.717, 1.165) is 43.5 Å². The van der Waals surface area contributed by atoms with Gasteiger partial charge in [0.2, 0.25) is 10.0 Å². The number of halogens is 2. The van der Waals surface area contributed by atoms with Gasteiger partial charge in [-0.05, 0) is 37.1 Å². The Balaban J connectivity index is 0.00000242. The zero-order valence-corrected chi connectivity index (χ0v) is 15.0. The SMILES string of the molecule is CCCc1ccc(Cl)c(S(=O)(=O)NCC2=CCNCC2)c1.Cl. The quantitative estimate of drug-likeness (QED) is 0.762. The van der Waals surface area contributed by atoms with Crippen molar-refractivity contribution in [1.29, 1.82) is 0 Å². The van der Waals surface area contributed by atoms with Gasteiger partial charge < -0.3 is 5.32 Å². The van der Waals surface area contributed by atoms with Gasteiger partial charge in [-0.3, -0.25) is 0 Å². The van der Waals surface area contributed by atoms with Crippen LogP contribution in [0.3, 0.4) is 0 Å². The third-order valence-corrected chi connectivity index (χ3v) is 5.35. The van der Waals surface area contributed by atoms with Gasteiger partial charge in [-0.15, -0.1) is 12.4 Å². The molecule has 1 aliphatic heterocycles. The summed E-state index contributed by atoms with van der Waals surface area (Å²) in [4.78, 5) is 0.171. The Bertz CT molecular complexity index is 630. The minimum Gasteiger partial charge on any atom is -0.313 e. The number of hydrogen-bond donors (Lipinski definition) is 2. The van der Waals surface area contributed by atoms with Gasteiger partial charge in [0.25, 0.3) is 0 Å². The standard InChI is InChI=1S/C15H21ClN2O2S.ClH/c1-2-3-12-4-5-14(16)15(10-12)21(19,20)18-11-13-6-8-17-9-7-13;/h4-6,10,17-18H,2-3,7-9,11H2,1H3;1H. The van der Waals surface area contributed by atoms with E-state index >= 15 is 0 Å². The molecule has 0 atom stereocenters. The first-order valence-electron chi connectivity index (χ1n) is 7.19. The molecule has 0 saturated heterocycles. The van der Waals surface area contributed by atoms with Crippen molar-refractivity contribution in [2.75, 3.05) is 19.6 Å². The Morgan fingerprint density at radius 2 is 2.14 bits per heavy atom. The van der Waals surface area contributed by atoms with E-state index in [9.17, 15) is 8.42 Å². The molecule has 0 unspecified atom stereocenters. The van der Waals surface area contributed by atoms with Crippen molar-refractivity contribution >= 4 is 34.0 Å². The van der Waals surface area contributed by atoms with Crippen molar-refractivity contribution in [3.63, 3.8) is 0 Å². The molecule has 0 amide bonds. The van der Waals surface area contributed by atoms with E-state index in [0.29, 0.717) is 6.54 Å². The largest absolute Gasteiger partial charge is 0.313 e. The molecule has 4 nitrogen and oxygen atoms in total. The summed E-state index contributed by atoms with van der Waals surface area (Å²) in [7, 11) is -3.57. The zero-order chi connectivity index (χ0) is 15.3. The summed E-state index contributed by atoms with van der Waals surface area (Å²) in [6.07, 6.45) is 4.71. The van der Waals surface area contributed by atoms with Crippen molar-refractivity contribution in [2.45, 2.75) is 31.1 Å². The Morgan fingerprint density at radius 3 is 2.77 bits per heavy atom. The smallest absolute Gasteiger partial charge is 0.242 e. The van der Waals surface area contributed by atoms with Crippen LogP contribution in [0, 0.1) is 0 Å². The van der Waals surface area contributed by atoms with E-state index in [1.807, 2.05) is 12.1 Å². The highest BCUT2D eigenvalue weighted by atomic mass is 35.5. The minimum absolute atomic E-state index is 0. The molecule has 0 radical (unpaired) electrons. The Labute approximate surface area is 143 Å². The maximum atomic E-state index is 12.4. The summed E-state index contributed by atoms with van der Waals surface area (Å²) in [5.74, 6) is 0. The summed E-state index contributed by atoms with van der Waals surface area (Å²) >= 11 is 6.06. The van der Waals surface area contributed by atoms with Crippen LogP contribution in [0.5, 0.6) is 0 Å². The van der Waals surface area contributed by atoms with Crippen LogP contribution in [0.2, 0.25) is 5.02 Å². The van der Waals surface area contributed by atoms with E-state index in [-0.39, 0.29) is 22.3 Å². The van der Waals surface area contributed by atoms with Gasteiger partial charge in [-0.2, -0.15) is 0 Å². The number of benzene rings is 1. The van der Waals surface area contributed by atoms with E-state index < -0.39 is 10.0 Å². The zero-order valence-electron chi connectivity index (χ0n) is 12.6. The number of aryl methyl sites for hydroxylation is 1. The fourth-order valence-corrected chi connectivity index (χ4v) is 3.88. The lowest BCUT2D eigenvalue weighted by Gasteiger charge is -2.15. The van der Waals surface area contributed by atoms with Crippen molar-refractivity contribution < 1.29 is 8.42 Å². The molecule has 0 fully saturated rings. The summed E-state index contributed by atoms with van der Waals surface area (Å²) in [6.45, 7) is 4.09. The molecule has 2 rings (SSSR count). The third kappa shape index (κ3) is 5.25. The first-order valence-corrected chi connectivity index (χ1v) is 9.06. The Kier molecular flexibility index (Phi) is 7.86. The maximum Gasteiger partial charge on any atom is 0.242 e. The second-order valence-corrected chi connectivity index (χ2v) is 7.30. The molecule has 22 heavy (non-hydrogen) atoms. The fraction of sp³-hybridized carbons (Fsp3) is 0.467. The second-order valence-electron chi connectivity index (χ2n) is 5.16. The summed E-state index contributed by atoms with van der Waals surface area (Å²) in [5, 5.41) is 3.46. The van der Waals surface area contributed by atoms with Crippen molar-refractivity contribution in [2.24, 2.45) is 0 Å². The van der Waals surface area contributed by atoms with Gasteiger partial charge in [0.05, 0.1) is 5.02 Å². The topological polar surface area (TPSA) is 58.2 Å². The summed E-state index contributed by atoms with van der Waals surface area (Å²) in [6, 6.07) is 5.20. The van der Waals surface area contributed by atoms with Crippen LogP contribution in [0.25, 0.3) is 0 Å². The van der Waals surface area contributed by atoms with Gasteiger partial charge >= 0.3 is 0 Å². The van der Waals surface area contributed by atoms with Crippen LogP contribution in [0.4, 0.5) is 0 Å². The normalized spacial score (nSPS) is 15.1. The van der Waals surface area contributed by atoms with Crippen LogP contribution < -0.4 is 10.0 Å². The van der Waals surface area contributed by atoms with Crippen LogP contribution in [0.15, 0.2) is 34.7 Å². The first-order chi connectivity index (χ1) is 10.0. The predicted octanol–water partition coefficient (Wildman–Crippen LogP) is 2.91. The molecule has 0 aromatic heterocycles. The average molecular weight is 365 g/mol. The molecule has 1 aromatic carbocycles. The lowest BCUT2D eigenvalue weighted by molar-refractivity contribution is 0.582. The molecular formula is C15H22Cl2N2O2S. The van der Waals surface area contributed by atoms with E-state index in [1.165, 1.54) is 0 Å². The summed E-state index contributed by atoms with van der Waals surface area (Å²) in [5.41, 5.74) is 2.10. The van der Waals surface area contributed by atoms with Gasteiger partial charge in [0.1, 0.15) is 4.90 Å².